The van der Waals surface area contributed by atoms with Crippen LogP contribution in [0.2, 0.25) is 5.28 Å². The Morgan fingerprint density at radius 1 is 1.29 bits per heavy atom. The summed E-state index contributed by atoms with van der Waals surface area (Å²) in [6.07, 6.45) is 1.60. The van der Waals surface area contributed by atoms with Crippen molar-refractivity contribution in [3.8, 4) is 5.75 Å². The molecular weight excluding hydrogens is 238 g/mol. The third-order valence-electron chi connectivity index (χ3n) is 2.39. The van der Waals surface area contributed by atoms with Gasteiger partial charge >= 0.3 is 0 Å². The van der Waals surface area contributed by atoms with Crippen molar-refractivity contribution >= 4 is 23.1 Å². The van der Waals surface area contributed by atoms with Crippen molar-refractivity contribution in [2.75, 3.05) is 12.4 Å². The van der Waals surface area contributed by atoms with Crippen molar-refractivity contribution in [1.82, 2.24) is 9.97 Å². The molecule has 0 aliphatic carbocycles. The molecule has 1 heterocycles. The highest BCUT2D eigenvalue weighted by Crippen LogP contribution is 2.27. The van der Waals surface area contributed by atoms with Crippen molar-refractivity contribution in [3.63, 3.8) is 0 Å². The molecule has 1 aromatic heterocycles. The van der Waals surface area contributed by atoms with Crippen molar-refractivity contribution in [2.24, 2.45) is 0 Å². The minimum absolute atomic E-state index is 0.218. The molecule has 0 aliphatic rings. The number of benzene rings is 1. The van der Waals surface area contributed by atoms with Gasteiger partial charge in [-0.15, -0.1) is 0 Å². The Bertz CT molecular complexity index is 531. The van der Waals surface area contributed by atoms with E-state index in [1.165, 1.54) is 0 Å². The van der Waals surface area contributed by atoms with Gasteiger partial charge in [-0.25, -0.2) is 9.97 Å². The number of aromatic nitrogens is 2. The standard InChI is InChI=1S/C12H12ClN3O/c1-8-9(4-3-5-10(8)17-2)15-11-6-7-14-12(13)16-11/h3-7H,1-2H3,(H,14,15,16). The van der Waals surface area contributed by atoms with E-state index < -0.39 is 0 Å². The van der Waals surface area contributed by atoms with Gasteiger partial charge in [0.05, 0.1) is 7.11 Å². The number of anilines is 2. The lowest BCUT2D eigenvalue weighted by Crippen LogP contribution is -1.98. The average molecular weight is 250 g/mol. The van der Waals surface area contributed by atoms with Crippen molar-refractivity contribution in [2.45, 2.75) is 6.92 Å². The number of methoxy groups -OCH3 is 1. The number of hydrogen-bond acceptors (Lipinski definition) is 4. The van der Waals surface area contributed by atoms with Crippen LogP contribution in [0.1, 0.15) is 5.56 Å². The SMILES string of the molecule is COc1cccc(Nc2ccnc(Cl)n2)c1C. The molecule has 17 heavy (non-hydrogen) atoms. The fraction of sp³-hybridized carbons (Fsp3) is 0.167. The average Bonchev–Trinajstić information content (AvgIpc) is 2.32. The minimum Gasteiger partial charge on any atom is -0.496 e. The molecule has 2 aromatic rings. The Morgan fingerprint density at radius 2 is 2.12 bits per heavy atom. The Morgan fingerprint density at radius 3 is 2.82 bits per heavy atom. The van der Waals surface area contributed by atoms with Crippen molar-refractivity contribution < 1.29 is 4.74 Å². The normalized spacial score (nSPS) is 10.1. The van der Waals surface area contributed by atoms with E-state index in [2.05, 4.69) is 15.3 Å². The monoisotopic (exact) mass is 249 g/mol. The fourth-order valence-electron chi connectivity index (χ4n) is 1.51. The number of rotatable bonds is 3. The number of nitrogens with one attached hydrogen (secondary N) is 1. The van der Waals surface area contributed by atoms with Crippen LogP contribution in [0.25, 0.3) is 0 Å². The Kier molecular flexibility index (Phi) is 3.44. The van der Waals surface area contributed by atoms with Crippen LogP contribution in [-0.2, 0) is 0 Å². The molecule has 0 fully saturated rings. The molecule has 0 unspecified atom stereocenters. The molecule has 0 radical (unpaired) electrons. The van der Waals surface area contributed by atoms with Crippen LogP contribution in [0.3, 0.4) is 0 Å². The molecular formula is C12H12ClN3O. The van der Waals surface area contributed by atoms with E-state index in [4.69, 9.17) is 16.3 Å². The second-order valence-electron chi connectivity index (χ2n) is 3.47. The summed E-state index contributed by atoms with van der Waals surface area (Å²) in [4.78, 5) is 7.89. The van der Waals surface area contributed by atoms with E-state index in [9.17, 15) is 0 Å². The zero-order valence-corrected chi connectivity index (χ0v) is 10.3. The van der Waals surface area contributed by atoms with Gasteiger partial charge in [-0.2, -0.15) is 0 Å². The molecule has 1 aromatic carbocycles. The first-order valence-electron chi connectivity index (χ1n) is 5.10. The molecule has 0 bridgehead atoms. The molecule has 2 rings (SSSR count). The quantitative estimate of drug-likeness (QED) is 0.849. The lowest BCUT2D eigenvalue weighted by molar-refractivity contribution is 0.412. The summed E-state index contributed by atoms with van der Waals surface area (Å²) < 4.78 is 5.25. The van der Waals surface area contributed by atoms with Gasteiger partial charge in [0.25, 0.3) is 0 Å². The van der Waals surface area contributed by atoms with Gasteiger partial charge in [0.1, 0.15) is 11.6 Å². The maximum absolute atomic E-state index is 5.72. The summed E-state index contributed by atoms with van der Waals surface area (Å²) in [7, 11) is 1.65. The van der Waals surface area contributed by atoms with E-state index in [1.807, 2.05) is 25.1 Å². The Balaban J connectivity index is 2.30. The van der Waals surface area contributed by atoms with Gasteiger partial charge in [0, 0.05) is 17.4 Å². The zero-order valence-electron chi connectivity index (χ0n) is 9.57. The number of ether oxygens (including phenoxy) is 1. The lowest BCUT2D eigenvalue weighted by Gasteiger charge is -2.11. The van der Waals surface area contributed by atoms with Gasteiger partial charge in [0.2, 0.25) is 5.28 Å². The first-order valence-corrected chi connectivity index (χ1v) is 5.47. The minimum atomic E-state index is 0.218. The first-order chi connectivity index (χ1) is 8.20. The zero-order chi connectivity index (χ0) is 12.3. The molecule has 5 heteroatoms. The summed E-state index contributed by atoms with van der Waals surface area (Å²) in [5, 5.41) is 3.39. The predicted molar refractivity (Wildman–Crippen MR) is 68.1 cm³/mol. The number of hydrogen-bond donors (Lipinski definition) is 1. The molecule has 0 saturated heterocycles. The van der Waals surface area contributed by atoms with Gasteiger partial charge < -0.3 is 10.1 Å². The molecule has 0 spiro atoms. The molecule has 88 valence electrons. The topological polar surface area (TPSA) is 47.0 Å². The molecule has 0 amide bonds. The maximum atomic E-state index is 5.72. The highest BCUT2D eigenvalue weighted by atomic mass is 35.5. The van der Waals surface area contributed by atoms with Crippen LogP contribution >= 0.6 is 11.6 Å². The largest absolute Gasteiger partial charge is 0.496 e. The van der Waals surface area contributed by atoms with Crippen molar-refractivity contribution in [1.29, 1.82) is 0 Å². The summed E-state index contributed by atoms with van der Waals surface area (Å²) in [5.41, 5.74) is 1.95. The van der Waals surface area contributed by atoms with Gasteiger partial charge in [-0.05, 0) is 36.7 Å². The third kappa shape index (κ3) is 2.65. The Labute approximate surface area is 105 Å². The van der Waals surface area contributed by atoms with E-state index in [1.54, 1.807) is 19.4 Å². The maximum Gasteiger partial charge on any atom is 0.224 e. The second kappa shape index (κ2) is 5.01. The second-order valence-corrected chi connectivity index (χ2v) is 3.81. The molecule has 0 aliphatic heterocycles. The van der Waals surface area contributed by atoms with Gasteiger partial charge in [-0.3, -0.25) is 0 Å². The molecule has 1 N–H and O–H groups in total. The van der Waals surface area contributed by atoms with E-state index in [-0.39, 0.29) is 5.28 Å². The molecule has 4 nitrogen and oxygen atoms in total. The highest BCUT2D eigenvalue weighted by molar-refractivity contribution is 6.28. The molecule has 0 saturated carbocycles. The van der Waals surface area contributed by atoms with Crippen LogP contribution in [-0.4, -0.2) is 17.1 Å². The van der Waals surface area contributed by atoms with E-state index in [0.29, 0.717) is 5.82 Å². The summed E-state index contributed by atoms with van der Waals surface area (Å²) in [5.74, 6) is 1.48. The predicted octanol–water partition coefficient (Wildman–Crippen LogP) is 3.19. The van der Waals surface area contributed by atoms with Crippen LogP contribution in [0.4, 0.5) is 11.5 Å². The summed E-state index contributed by atoms with van der Waals surface area (Å²) in [6, 6.07) is 7.53. The van der Waals surface area contributed by atoms with Crippen molar-refractivity contribution in [3.05, 3.63) is 41.3 Å². The molecule has 0 atom stereocenters. The van der Waals surface area contributed by atoms with E-state index in [0.717, 1.165) is 17.0 Å². The fourth-order valence-corrected chi connectivity index (χ4v) is 1.66. The van der Waals surface area contributed by atoms with Crippen LogP contribution in [0, 0.1) is 6.92 Å². The number of halogens is 1. The van der Waals surface area contributed by atoms with Gasteiger partial charge in [-0.1, -0.05) is 6.07 Å². The first kappa shape index (κ1) is 11.7. The van der Waals surface area contributed by atoms with Gasteiger partial charge in [0.15, 0.2) is 0 Å². The van der Waals surface area contributed by atoms with Crippen LogP contribution in [0.15, 0.2) is 30.5 Å². The lowest BCUT2D eigenvalue weighted by atomic mass is 10.2. The summed E-state index contributed by atoms with van der Waals surface area (Å²) in [6.45, 7) is 1.98. The smallest absolute Gasteiger partial charge is 0.224 e. The number of nitrogens with zero attached hydrogens (tertiary/aromatic N) is 2. The summed E-state index contributed by atoms with van der Waals surface area (Å²) >= 11 is 5.72. The Hall–Kier alpha value is -1.81. The van der Waals surface area contributed by atoms with Crippen LogP contribution in [0.5, 0.6) is 5.75 Å². The van der Waals surface area contributed by atoms with Crippen LogP contribution < -0.4 is 10.1 Å². The third-order valence-corrected chi connectivity index (χ3v) is 2.58. The highest BCUT2D eigenvalue weighted by Gasteiger charge is 2.05. The van der Waals surface area contributed by atoms with E-state index >= 15 is 0 Å².